The average molecular weight is 541 g/mol. The predicted octanol–water partition coefficient (Wildman–Crippen LogP) is 6.66. The fraction of sp³-hybridized carbons (Fsp3) is 0.161. The van der Waals surface area contributed by atoms with Gasteiger partial charge in [-0.05, 0) is 67.6 Å². The minimum Gasteiger partial charge on any atom is -0.497 e. The van der Waals surface area contributed by atoms with Crippen LogP contribution >= 0.6 is 0 Å². The van der Waals surface area contributed by atoms with E-state index >= 15 is 0 Å². The highest BCUT2D eigenvalue weighted by Crippen LogP contribution is 2.29. The van der Waals surface area contributed by atoms with Gasteiger partial charge in [0.05, 0.1) is 19.9 Å². The third-order valence-corrected chi connectivity index (χ3v) is 5.95. The number of urea groups is 2. The van der Waals surface area contributed by atoms with Gasteiger partial charge in [0.15, 0.2) is 0 Å². The van der Waals surface area contributed by atoms with Gasteiger partial charge in [-0.3, -0.25) is 4.90 Å². The smallest absolute Gasteiger partial charge is 0.326 e. The molecule has 0 saturated carbocycles. The molecule has 4 aromatic rings. The predicted molar refractivity (Wildman–Crippen MR) is 157 cm³/mol. The molecule has 4 aromatic carbocycles. The second kappa shape index (κ2) is 13.6. The summed E-state index contributed by atoms with van der Waals surface area (Å²) >= 11 is 0. The van der Waals surface area contributed by atoms with Crippen molar-refractivity contribution in [3.8, 4) is 23.0 Å². The molecule has 3 N–H and O–H groups in total. The maximum absolute atomic E-state index is 13.3. The van der Waals surface area contributed by atoms with Gasteiger partial charge in [0.1, 0.15) is 23.0 Å². The fourth-order valence-corrected chi connectivity index (χ4v) is 3.84. The average Bonchev–Trinajstić information content (AvgIpc) is 2.98. The summed E-state index contributed by atoms with van der Waals surface area (Å²) in [5, 5.41) is 8.49. The Hall–Kier alpha value is -5.18. The first-order chi connectivity index (χ1) is 19.4. The van der Waals surface area contributed by atoms with Crippen LogP contribution in [0.2, 0.25) is 0 Å². The lowest BCUT2D eigenvalue weighted by Gasteiger charge is -2.24. The van der Waals surface area contributed by atoms with Crippen LogP contribution in [0.15, 0.2) is 97.1 Å². The number of nitrogens with one attached hydrogen (secondary N) is 3. The Bertz CT molecular complexity index is 1410. The van der Waals surface area contributed by atoms with E-state index in [4.69, 9.17) is 14.2 Å². The number of carbonyl (C=O) groups excluding carboxylic acids is 2. The molecule has 40 heavy (non-hydrogen) atoms. The van der Waals surface area contributed by atoms with Gasteiger partial charge in [-0.1, -0.05) is 35.9 Å². The Morgan fingerprint density at radius 3 is 2.10 bits per heavy atom. The fourth-order valence-electron chi connectivity index (χ4n) is 3.84. The van der Waals surface area contributed by atoms with E-state index in [0.717, 1.165) is 5.56 Å². The second-order valence-corrected chi connectivity index (χ2v) is 8.80. The molecule has 9 nitrogen and oxygen atoms in total. The van der Waals surface area contributed by atoms with Crippen LogP contribution in [0.4, 0.5) is 26.7 Å². The van der Waals surface area contributed by atoms with Crippen LogP contribution in [0.5, 0.6) is 23.0 Å². The molecular weight excluding hydrogens is 508 g/mol. The number of amides is 4. The SMILES string of the molecule is COc1ccc(NC(=O)NCCN(C(=O)Nc2ccc(C)cc2)c2ccc(Oc3ccccc3)cc2)c(OC)c1. The molecule has 9 heteroatoms. The van der Waals surface area contributed by atoms with Crippen molar-refractivity contribution in [1.82, 2.24) is 5.32 Å². The molecule has 4 rings (SSSR count). The normalized spacial score (nSPS) is 10.3. The lowest BCUT2D eigenvalue weighted by molar-refractivity contribution is 0.250. The molecule has 4 amide bonds. The first-order valence-corrected chi connectivity index (χ1v) is 12.7. The summed E-state index contributed by atoms with van der Waals surface area (Å²) < 4.78 is 16.4. The first kappa shape index (κ1) is 27.8. The maximum atomic E-state index is 13.3. The molecule has 0 bridgehead atoms. The zero-order valence-electron chi connectivity index (χ0n) is 22.6. The van der Waals surface area contributed by atoms with Gasteiger partial charge < -0.3 is 30.2 Å². The number of methoxy groups -OCH3 is 2. The minimum absolute atomic E-state index is 0.188. The van der Waals surface area contributed by atoms with E-state index in [0.29, 0.717) is 40.1 Å². The molecule has 0 aliphatic rings. The number of benzene rings is 4. The van der Waals surface area contributed by atoms with Crippen molar-refractivity contribution in [2.24, 2.45) is 0 Å². The number of hydrogen-bond donors (Lipinski definition) is 3. The quantitative estimate of drug-likeness (QED) is 0.209. The van der Waals surface area contributed by atoms with Gasteiger partial charge in [0, 0.05) is 30.5 Å². The van der Waals surface area contributed by atoms with Crippen molar-refractivity contribution >= 4 is 29.1 Å². The molecule has 0 radical (unpaired) electrons. The molecule has 0 atom stereocenters. The molecule has 206 valence electrons. The monoisotopic (exact) mass is 540 g/mol. The number of carbonyl (C=O) groups is 2. The standard InChI is InChI=1S/C31H32N4O5/c1-22-9-11-23(12-10-22)33-31(37)35(24-13-15-26(16-14-24)40-25-7-5-4-6-8-25)20-19-32-30(36)34-28-18-17-27(38-2)21-29(28)39-3/h4-18,21H,19-20H2,1-3H3,(H,33,37)(H2,32,34,36). The Balaban J connectivity index is 1.43. The van der Waals surface area contributed by atoms with E-state index in [9.17, 15) is 9.59 Å². The van der Waals surface area contributed by atoms with Crippen molar-refractivity contribution in [1.29, 1.82) is 0 Å². The third kappa shape index (κ3) is 7.67. The van der Waals surface area contributed by atoms with E-state index in [-0.39, 0.29) is 19.1 Å². The highest BCUT2D eigenvalue weighted by Gasteiger charge is 2.17. The number of para-hydroxylation sites is 1. The van der Waals surface area contributed by atoms with Crippen LogP contribution in [0.1, 0.15) is 5.56 Å². The molecule has 0 heterocycles. The van der Waals surface area contributed by atoms with E-state index in [1.54, 1.807) is 54.5 Å². The number of hydrogen-bond acceptors (Lipinski definition) is 5. The van der Waals surface area contributed by atoms with Crippen molar-refractivity contribution < 1.29 is 23.8 Å². The van der Waals surface area contributed by atoms with Crippen molar-refractivity contribution in [3.63, 3.8) is 0 Å². The molecule has 0 saturated heterocycles. The van der Waals surface area contributed by atoms with Crippen molar-refractivity contribution in [2.75, 3.05) is 42.8 Å². The van der Waals surface area contributed by atoms with E-state index in [1.165, 1.54) is 7.11 Å². The second-order valence-electron chi connectivity index (χ2n) is 8.80. The number of aryl methyl sites for hydroxylation is 1. The van der Waals surface area contributed by atoms with Gasteiger partial charge in [0.2, 0.25) is 0 Å². The maximum Gasteiger partial charge on any atom is 0.326 e. The van der Waals surface area contributed by atoms with Crippen LogP contribution < -0.4 is 35.1 Å². The molecule has 0 fully saturated rings. The third-order valence-electron chi connectivity index (χ3n) is 5.95. The summed E-state index contributed by atoms with van der Waals surface area (Å²) in [5.41, 5.74) is 2.89. The highest BCUT2D eigenvalue weighted by molar-refractivity contribution is 6.02. The Morgan fingerprint density at radius 2 is 1.43 bits per heavy atom. The largest absolute Gasteiger partial charge is 0.497 e. The van der Waals surface area contributed by atoms with E-state index in [1.807, 2.05) is 61.5 Å². The topological polar surface area (TPSA) is 101 Å². The van der Waals surface area contributed by atoms with Crippen molar-refractivity contribution in [2.45, 2.75) is 6.92 Å². The van der Waals surface area contributed by atoms with Crippen LogP contribution in [-0.2, 0) is 0 Å². The number of ether oxygens (including phenoxy) is 3. The van der Waals surface area contributed by atoms with Crippen LogP contribution in [-0.4, -0.2) is 39.4 Å². The zero-order chi connectivity index (χ0) is 28.3. The summed E-state index contributed by atoms with van der Waals surface area (Å²) in [6.07, 6.45) is 0. The number of anilines is 3. The van der Waals surface area contributed by atoms with E-state index in [2.05, 4.69) is 16.0 Å². The molecular formula is C31H32N4O5. The van der Waals surface area contributed by atoms with Gasteiger partial charge >= 0.3 is 12.1 Å². The zero-order valence-corrected chi connectivity index (χ0v) is 22.6. The summed E-state index contributed by atoms with van der Waals surface area (Å²) in [6.45, 7) is 2.38. The molecule has 0 unspecified atom stereocenters. The summed E-state index contributed by atoms with van der Waals surface area (Å²) in [5.74, 6) is 2.43. The summed E-state index contributed by atoms with van der Waals surface area (Å²) in [6, 6.07) is 28.5. The van der Waals surface area contributed by atoms with Crippen LogP contribution in [0.3, 0.4) is 0 Å². The van der Waals surface area contributed by atoms with Crippen molar-refractivity contribution in [3.05, 3.63) is 103 Å². The van der Waals surface area contributed by atoms with Gasteiger partial charge in [-0.2, -0.15) is 0 Å². The highest BCUT2D eigenvalue weighted by atomic mass is 16.5. The minimum atomic E-state index is -0.436. The van der Waals surface area contributed by atoms with Gasteiger partial charge in [-0.15, -0.1) is 0 Å². The first-order valence-electron chi connectivity index (χ1n) is 12.7. The molecule has 0 aliphatic heterocycles. The molecule has 0 aromatic heterocycles. The molecule has 0 aliphatic carbocycles. The van der Waals surface area contributed by atoms with Crippen LogP contribution in [0.25, 0.3) is 0 Å². The lowest BCUT2D eigenvalue weighted by atomic mass is 10.2. The van der Waals surface area contributed by atoms with Gasteiger partial charge in [0.25, 0.3) is 0 Å². The Kier molecular flexibility index (Phi) is 9.44. The Morgan fingerprint density at radius 1 is 0.750 bits per heavy atom. The summed E-state index contributed by atoms with van der Waals surface area (Å²) in [7, 11) is 3.07. The number of nitrogens with zero attached hydrogens (tertiary/aromatic N) is 1. The molecule has 0 spiro atoms. The van der Waals surface area contributed by atoms with E-state index < -0.39 is 6.03 Å². The van der Waals surface area contributed by atoms with Crippen LogP contribution in [0, 0.1) is 6.92 Å². The Labute approximate surface area is 233 Å². The summed E-state index contributed by atoms with van der Waals surface area (Å²) in [4.78, 5) is 27.5. The lowest BCUT2D eigenvalue weighted by Crippen LogP contribution is -2.42. The number of rotatable bonds is 10. The van der Waals surface area contributed by atoms with Gasteiger partial charge in [-0.25, -0.2) is 9.59 Å².